The fraction of sp³-hybridized carbons (Fsp3) is 0.391. The van der Waals surface area contributed by atoms with E-state index in [1.807, 2.05) is 24.3 Å². The van der Waals surface area contributed by atoms with Crippen LogP contribution in [-0.4, -0.2) is 60.3 Å². The summed E-state index contributed by atoms with van der Waals surface area (Å²) in [4.78, 5) is 8.26. The Morgan fingerprint density at radius 3 is 2.59 bits per heavy atom. The van der Waals surface area contributed by atoms with Gasteiger partial charge in [0.15, 0.2) is 0 Å². The maximum atomic E-state index is 13.3. The van der Waals surface area contributed by atoms with Crippen molar-refractivity contribution in [3.8, 4) is 5.75 Å². The molecular formula is C23H26FN3O2. The highest BCUT2D eigenvalue weighted by atomic mass is 19.1. The summed E-state index contributed by atoms with van der Waals surface area (Å²) in [5.41, 5.74) is 4.56. The number of fused-ring (bicyclic) bond motifs is 4. The van der Waals surface area contributed by atoms with Crippen LogP contribution in [0.5, 0.6) is 5.75 Å². The second-order valence-electron chi connectivity index (χ2n) is 8.51. The first-order valence-electron chi connectivity index (χ1n) is 10.0. The van der Waals surface area contributed by atoms with E-state index in [0.29, 0.717) is 6.54 Å². The number of hydrogen-bond donors (Lipinski definition) is 2. The van der Waals surface area contributed by atoms with Crippen molar-refractivity contribution in [2.24, 2.45) is 0 Å². The van der Waals surface area contributed by atoms with Gasteiger partial charge in [-0.15, -0.1) is 0 Å². The quantitative estimate of drug-likeness (QED) is 0.713. The molecule has 3 aromatic rings. The van der Waals surface area contributed by atoms with Gasteiger partial charge in [0, 0.05) is 54.3 Å². The topological polar surface area (TPSA) is 51.7 Å². The van der Waals surface area contributed by atoms with Crippen molar-refractivity contribution in [3.63, 3.8) is 0 Å². The molecule has 2 aliphatic heterocycles. The van der Waals surface area contributed by atoms with E-state index in [9.17, 15) is 9.50 Å². The molecule has 0 saturated carbocycles. The van der Waals surface area contributed by atoms with Crippen molar-refractivity contribution in [3.05, 3.63) is 65.1 Å². The molecule has 6 heteroatoms. The Balaban J connectivity index is 1.60. The number of likely N-dealkylation sites (tertiary alicyclic amines) is 1. The number of nitrogens with zero attached hydrogens (tertiary/aromatic N) is 2. The zero-order valence-corrected chi connectivity index (χ0v) is 16.8. The molecule has 5 rings (SSSR count). The summed E-state index contributed by atoms with van der Waals surface area (Å²) < 4.78 is 18.7. The summed E-state index contributed by atoms with van der Waals surface area (Å²) in [6.45, 7) is 3.54. The van der Waals surface area contributed by atoms with E-state index in [1.165, 1.54) is 23.1 Å². The molecule has 2 aliphatic rings. The number of H-pyrrole nitrogens is 1. The van der Waals surface area contributed by atoms with Gasteiger partial charge in [0.1, 0.15) is 11.6 Å². The summed E-state index contributed by atoms with van der Waals surface area (Å²) in [5, 5.41) is 11.5. The van der Waals surface area contributed by atoms with Crippen LogP contribution in [0.2, 0.25) is 0 Å². The second kappa shape index (κ2) is 6.83. The molecule has 1 aromatic heterocycles. The average Bonchev–Trinajstić information content (AvgIpc) is 3.07. The third kappa shape index (κ3) is 2.94. The number of nitrogens with one attached hydrogen (secondary N) is 1. The van der Waals surface area contributed by atoms with E-state index in [2.05, 4.69) is 27.9 Å². The molecule has 152 valence electrons. The molecule has 1 saturated heterocycles. The number of likely N-dealkylation sites (N-methyl/N-ethyl adjacent to an activating group) is 1. The van der Waals surface area contributed by atoms with E-state index < -0.39 is 0 Å². The number of aromatic amines is 1. The molecule has 0 amide bonds. The Morgan fingerprint density at radius 2 is 1.93 bits per heavy atom. The lowest BCUT2D eigenvalue weighted by atomic mass is 9.69. The van der Waals surface area contributed by atoms with Crippen molar-refractivity contribution in [2.75, 3.05) is 40.4 Å². The Hall–Kier alpha value is -2.41. The third-order valence-electron chi connectivity index (χ3n) is 6.46. The van der Waals surface area contributed by atoms with Crippen molar-refractivity contribution in [2.45, 2.75) is 18.0 Å². The summed E-state index contributed by atoms with van der Waals surface area (Å²) in [6, 6.07) is 12.7. The largest absolute Gasteiger partial charge is 0.497 e. The predicted molar refractivity (Wildman–Crippen MR) is 111 cm³/mol. The Bertz CT molecular complexity index is 1040. The van der Waals surface area contributed by atoms with Crippen LogP contribution in [0.1, 0.15) is 22.9 Å². The minimum absolute atomic E-state index is 0.0304. The third-order valence-corrected chi connectivity index (χ3v) is 6.46. The van der Waals surface area contributed by atoms with E-state index in [1.54, 1.807) is 7.11 Å². The van der Waals surface area contributed by atoms with E-state index in [0.717, 1.165) is 42.2 Å². The van der Waals surface area contributed by atoms with Gasteiger partial charge in [-0.1, -0.05) is 12.1 Å². The van der Waals surface area contributed by atoms with Crippen LogP contribution in [0.4, 0.5) is 4.39 Å². The zero-order valence-electron chi connectivity index (χ0n) is 16.8. The smallest absolute Gasteiger partial charge is 0.123 e. The second-order valence-corrected chi connectivity index (χ2v) is 8.51. The van der Waals surface area contributed by atoms with Gasteiger partial charge in [-0.3, -0.25) is 4.90 Å². The number of hydrogen-bond acceptors (Lipinski definition) is 4. The van der Waals surface area contributed by atoms with Gasteiger partial charge < -0.3 is 19.7 Å². The van der Waals surface area contributed by atoms with Crippen LogP contribution < -0.4 is 4.74 Å². The number of rotatable bonds is 4. The fourth-order valence-corrected chi connectivity index (χ4v) is 5.35. The Morgan fingerprint density at radius 1 is 1.17 bits per heavy atom. The summed E-state index contributed by atoms with van der Waals surface area (Å²) in [7, 11) is 3.82. The van der Waals surface area contributed by atoms with Gasteiger partial charge in [-0.25, -0.2) is 4.39 Å². The van der Waals surface area contributed by atoms with Crippen molar-refractivity contribution in [1.82, 2.24) is 14.8 Å². The van der Waals surface area contributed by atoms with Crippen molar-refractivity contribution >= 4 is 10.9 Å². The molecule has 5 nitrogen and oxygen atoms in total. The highest BCUT2D eigenvalue weighted by Crippen LogP contribution is 2.48. The van der Waals surface area contributed by atoms with Gasteiger partial charge in [0.05, 0.1) is 19.8 Å². The molecular weight excluding hydrogens is 369 g/mol. The minimum atomic E-state index is -0.227. The van der Waals surface area contributed by atoms with Crippen LogP contribution in [0.3, 0.4) is 0 Å². The fourth-order valence-electron chi connectivity index (χ4n) is 5.35. The SMILES string of the molecule is COc1ccc2c3c([nH]c2c1)[C@H](CO)N(Cc1ccc(F)cc1)CC31CN(C)C1. The first kappa shape index (κ1) is 18.6. The zero-order chi connectivity index (χ0) is 20.2. The normalized spacial score (nSPS) is 21.3. The van der Waals surface area contributed by atoms with Crippen LogP contribution >= 0.6 is 0 Å². The molecule has 1 fully saturated rings. The number of aromatic nitrogens is 1. The van der Waals surface area contributed by atoms with Crippen LogP contribution in [0.25, 0.3) is 10.9 Å². The summed E-state index contributed by atoms with van der Waals surface area (Å²) in [5.74, 6) is 0.592. The number of ether oxygens (including phenoxy) is 1. The standard InChI is InChI=1S/C23H26FN3O2/c1-26-12-23(13-26)14-27(10-15-3-5-16(24)6-4-15)20(11-28)22-21(23)18-8-7-17(29-2)9-19(18)25-22/h3-9,20,25,28H,10-14H2,1-2H3/t20-/m0/s1. The molecule has 0 aliphatic carbocycles. The van der Waals surface area contributed by atoms with E-state index in [-0.39, 0.29) is 23.9 Å². The number of aliphatic hydroxyl groups is 1. The van der Waals surface area contributed by atoms with E-state index >= 15 is 0 Å². The lowest BCUT2D eigenvalue weighted by Gasteiger charge is -2.55. The van der Waals surface area contributed by atoms with Crippen LogP contribution in [0.15, 0.2) is 42.5 Å². The monoisotopic (exact) mass is 395 g/mol. The van der Waals surface area contributed by atoms with E-state index in [4.69, 9.17) is 4.74 Å². The first-order valence-corrected chi connectivity index (χ1v) is 10.0. The van der Waals surface area contributed by atoms with Gasteiger partial charge in [-0.2, -0.15) is 0 Å². The van der Waals surface area contributed by atoms with Gasteiger partial charge in [0.2, 0.25) is 0 Å². The van der Waals surface area contributed by atoms with Crippen molar-refractivity contribution < 1.29 is 14.2 Å². The number of aliphatic hydroxyl groups excluding tert-OH is 1. The van der Waals surface area contributed by atoms with Crippen molar-refractivity contribution in [1.29, 1.82) is 0 Å². The minimum Gasteiger partial charge on any atom is -0.497 e. The molecule has 0 bridgehead atoms. The summed E-state index contributed by atoms with van der Waals surface area (Å²) in [6.07, 6.45) is 0. The average molecular weight is 395 g/mol. The number of benzene rings is 2. The van der Waals surface area contributed by atoms with Gasteiger partial charge in [-0.05, 0) is 42.4 Å². The predicted octanol–water partition coefficient (Wildman–Crippen LogP) is 3.05. The lowest BCUT2D eigenvalue weighted by Crippen LogP contribution is -2.65. The molecule has 2 aromatic carbocycles. The molecule has 3 heterocycles. The molecule has 29 heavy (non-hydrogen) atoms. The molecule has 2 N–H and O–H groups in total. The lowest BCUT2D eigenvalue weighted by molar-refractivity contribution is 0.00421. The van der Waals surface area contributed by atoms with Crippen LogP contribution in [-0.2, 0) is 12.0 Å². The maximum absolute atomic E-state index is 13.3. The molecule has 0 radical (unpaired) electrons. The number of methoxy groups -OCH3 is 1. The molecule has 0 unspecified atom stereocenters. The highest BCUT2D eigenvalue weighted by Gasteiger charge is 2.51. The number of halogens is 1. The highest BCUT2D eigenvalue weighted by molar-refractivity contribution is 5.88. The Kier molecular flexibility index (Phi) is 4.38. The van der Waals surface area contributed by atoms with Crippen LogP contribution in [0, 0.1) is 5.82 Å². The Labute approximate surface area is 169 Å². The first-order chi connectivity index (χ1) is 14.0. The van der Waals surface area contributed by atoms with Gasteiger partial charge in [0.25, 0.3) is 0 Å². The summed E-state index contributed by atoms with van der Waals surface area (Å²) >= 11 is 0. The molecule has 1 spiro atoms. The van der Waals surface area contributed by atoms with Gasteiger partial charge >= 0.3 is 0 Å². The maximum Gasteiger partial charge on any atom is 0.123 e. The molecule has 1 atom stereocenters.